The number of aliphatic hydroxyl groups is 1. The van der Waals surface area contributed by atoms with Gasteiger partial charge in [0, 0.05) is 22.3 Å². The first kappa shape index (κ1) is 26.5. The lowest BCUT2D eigenvalue weighted by atomic mass is 9.60. The van der Waals surface area contributed by atoms with Gasteiger partial charge in [0.1, 0.15) is 23.6 Å². The molecule has 9 nitrogen and oxygen atoms in total. The summed E-state index contributed by atoms with van der Waals surface area (Å²) < 4.78 is 11.8. The van der Waals surface area contributed by atoms with E-state index >= 15 is 0 Å². The Hall–Kier alpha value is -5.15. The molecule has 2 aromatic heterocycles. The third-order valence-electron chi connectivity index (χ3n) is 9.35. The summed E-state index contributed by atoms with van der Waals surface area (Å²) in [6.07, 6.45) is 3.80. The normalized spacial score (nSPS) is 24.8. The highest BCUT2D eigenvalue weighted by molar-refractivity contribution is 6.25. The minimum Gasteiger partial charge on any atom is -0.463 e. The van der Waals surface area contributed by atoms with Gasteiger partial charge < -0.3 is 13.9 Å². The second-order valence-corrected chi connectivity index (χ2v) is 11.7. The van der Waals surface area contributed by atoms with Gasteiger partial charge in [0.05, 0.1) is 23.4 Å². The molecule has 1 N–H and O–H groups in total. The number of fused-ring (bicyclic) bond motifs is 4. The molecular formula is C35H26N2O7. The molecule has 0 spiro atoms. The van der Waals surface area contributed by atoms with Crippen molar-refractivity contribution < 1.29 is 33.1 Å². The molecule has 3 aliphatic carbocycles. The number of hydrogen-bond acceptors (Lipinski definition) is 8. The van der Waals surface area contributed by atoms with Crippen molar-refractivity contribution in [2.45, 2.75) is 32.3 Å². The van der Waals surface area contributed by atoms with Crippen LogP contribution in [0.25, 0.3) is 22.6 Å². The van der Waals surface area contributed by atoms with Gasteiger partial charge >= 0.3 is 0 Å². The molecule has 2 aromatic carbocycles. The predicted octanol–water partition coefficient (Wildman–Crippen LogP) is 5.21. The van der Waals surface area contributed by atoms with Crippen molar-refractivity contribution in [1.29, 1.82) is 0 Å². The fraction of sp³-hybridized carbons (Fsp3) is 0.229. The molecule has 9 heteroatoms. The molecule has 44 heavy (non-hydrogen) atoms. The van der Waals surface area contributed by atoms with E-state index in [1.807, 2.05) is 30.3 Å². The number of rotatable bonds is 4. The zero-order chi connectivity index (χ0) is 30.3. The topological polar surface area (TPSA) is 131 Å². The van der Waals surface area contributed by atoms with Crippen LogP contribution in [0, 0.1) is 17.8 Å². The highest BCUT2D eigenvalue weighted by Crippen LogP contribution is 2.55. The van der Waals surface area contributed by atoms with Crippen molar-refractivity contribution in [3.8, 4) is 11.5 Å². The molecule has 0 radical (unpaired) electrons. The fourth-order valence-electron chi connectivity index (χ4n) is 7.33. The SMILES string of the molecule is CC1=CC(=O)C2=C(C1=O)C(c1ccc(CO)o1)C1=CCC3C(=O)N(c4ccc(-c5nc6ccccc6o5)cc4)C(=O)C3C1C2. The lowest BCUT2D eigenvalue weighted by Crippen LogP contribution is -2.39. The number of aromatic nitrogens is 1. The largest absolute Gasteiger partial charge is 0.463 e. The number of carbonyl (C=O) groups is 4. The first-order valence-corrected chi connectivity index (χ1v) is 14.6. The Bertz CT molecular complexity index is 1990. The maximum absolute atomic E-state index is 14.1. The average molecular weight is 587 g/mol. The highest BCUT2D eigenvalue weighted by atomic mass is 16.4. The fourth-order valence-corrected chi connectivity index (χ4v) is 7.33. The zero-order valence-electron chi connectivity index (χ0n) is 23.7. The van der Waals surface area contributed by atoms with E-state index in [2.05, 4.69) is 4.98 Å². The molecule has 1 aliphatic heterocycles. The quantitative estimate of drug-likeness (QED) is 0.196. The van der Waals surface area contributed by atoms with E-state index in [4.69, 9.17) is 8.83 Å². The number of allylic oxidation sites excluding steroid dienone is 6. The summed E-state index contributed by atoms with van der Waals surface area (Å²) >= 11 is 0. The van der Waals surface area contributed by atoms with Gasteiger partial charge in [-0.05, 0) is 80.3 Å². The molecule has 3 heterocycles. The van der Waals surface area contributed by atoms with E-state index in [-0.39, 0.29) is 36.4 Å². The molecule has 1 fully saturated rings. The smallest absolute Gasteiger partial charge is 0.238 e. The number of carbonyl (C=O) groups excluding carboxylic acids is 4. The zero-order valence-corrected chi connectivity index (χ0v) is 23.7. The van der Waals surface area contributed by atoms with Crippen molar-refractivity contribution in [3.05, 3.63) is 107 Å². The number of oxazole rings is 1. The highest BCUT2D eigenvalue weighted by Gasteiger charge is 2.57. The van der Waals surface area contributed by atoms with Gasteiger partial charge in [0.25, 0.3) is 0 Å². The summed E-state index contributed by atoms with van der Waals surface area (Å²) in [5.74, 6) is -2.35. The van der Waals surface area contributed by atoms with E-state index in [0.717, 1.165) is 11.1 Å². The van der Waals surface area contributed by atoms with E-state index in [9.17, 15) is 24.3 Å². The number of imide groups is 1. The summed E-state index contributed by atoms with van der Waals surface area (Å²) in [4.78, 5) is 60.4. The molecule has 2 amide bonds. The number of anilines is 1. The van der Waals surface area contributed by atoms with Crippen molar-refractivity contribution in [2.24, 2.45) is 17.8 Å². The van der Waals surface area contributed by atoms with Crippen LogP contribution in [-0.4, -0.2) is 33.5 Å². The number of furan rings is 1. The maximum atomic E-state index is 14.1. The van der Waals surface area contributed by atoms with Crippen LogP contribution in [-0.2, 0) is 25.8 Å². The second-order valence-electron chi connectivity index (χ2n) is 11.7. The standard InChI is InChI=1S/C35H26N2O7/c1-17-14-26(39)24-15-23-21(30(31(24)32(17)40)28-13-10-20(16-38)43-28)11-12-22-29(23)35(42)37(34(22)41)19-8-6-18(7-9-19)33-36-25-4-2-3-5-27(25)44-33/h2-11,13-14,22-23,29-30,38H,12,15-16H2,1H3. The molecule has 4 aromatic rings. The van der Waals surface area contributed by atoms with E-state index in [1.54, 1.807) is 43.3 Å². The van der Waals surface area contributed by atoms with Crippen LogP contribution in [0.5, 0.6) is 0 Å². The Morgan fingerprint density at radius 3 is 2.48 bits per heavy atom. The Kier molecular flexibility index (Phi) is 5.83. The Morgan fingerprint density at radius 2 is 1.73 bits per heavy atom. The first-order chi connectivity index (χ1) is 21.3. The Labute approximate surface area is 251 Å². The van der Waals surface area contributed by atoms with E-state index in [1.165, 1.54) is 11.0 Å². The summed E-state index contributed by atoms with van der Waals surface area (Å²) in [5, 5.41) is 9.64. The van der Waals surface area contributed by atoms with Crippen molar-refractivity contribution in [1.82, 2.24) is 4.98 Å². The summed E-state index contributed by atoms with van der Waals surface area (Å²) in [6.45, 7) is 1.30. The molecule has 4 atom stereocenters. The van der Waals surface area contributed by atoms with Crippen molar-refractivity contribution in [3.63, 3.8) is 0 Å². The minimum atomic E-state index is -0.696. The first-order valence-electron chi connectivity index (χ1n) is 14.6. The number of Topliss-reactive ketones (excluding diaryl/α,β-unsaturated/α-hetero) is 1. The summed E-state index contributed by atoms with van der Waals surface area (Å²) in [6, 6.07) is 17.8. The van der Waals surface area contributed by atoms with Crippen molar-refractivity contribution in [2.75, 3.05) is 4.90 Å². The summed E-state index contributed by atoms with van der Waals surface area (Å²) in [5.41, 5.74) is 4.43. The van der Waals surface area contributed by atoms with Crippen LogP contribution in [0.2, 0.25) is 0 Å². The molecule has 1 saturated heterocycles. The average Bonchev–Trinajstić information content (AvgIpc) is 3.75. The van der Waals surface area contributed by atoms with Gasteiger partial charge in [0.15, 0.2) is 17.1 Å². The van der Waals surface area contributed by atoms with Gasteiger partial charge in [-0.3, -0.25) is 24.1 Å². The van der Waals surface area contributed by atoms with E-state index < -0.39 is 23.7 Å². The molecule has 0 bridgehead atoms. The van der Waals surface area contributed by atoms with Crippen LogP contribution >= 0.6 is 0 Å². The Balaban J connectivity index is 1.15. The van der Waals surface area contributed by atoms with Crippen LogP contribution < -0.4 is 4.90 Å². The van der Waals surface area contributed by atoms with Gasteiger partial charge in [-0.2, -0.15) is 0 Å². The van der Waals surface area contributed by atoms with Crippen molar-refractivity contribution >= 4 is 40.2 Å². The Morgan fingerprint density at radius 1 is 0.932 bits per heavy atom. The number of benzene rings is 2. The van der Waals surface area contributed by atoms with Gasteiger partial charge in [-0.1, -0.05) is 23.8 Å². The second kappa shape index (κ2) is 9.68. The number of nitrogens with zero attached hydrogens (tertiary/aromatic N) is 2. The molecule has 218 valence electrons. The van der Waals surface area contributed by atoms with Crippen LogP contribution in [0.1, 0.15) is 37.2 Å². The lowest BCUT2D eigenvalue weighted by molar-refractivity contribution is -0.123. The number of hydrogen-bond donors (Lipinski definition) is 1. The third-order valence-corrected chi connectivity index (χ3v) is 9.35. The summed E-state index contributed by atoms with van der Waals surface area (Å²) in [7, 11) is 0. The van der Waals surface area contributed by atoms with Crippen LogP contribution in [0.3, 0.4) is 0 Å². The number of amides is 2. The molecule has 4 aliphatic rings. The maximum Gasteiger partial charge on any atom is 0.238 e. The van der Waals surface area contributed by atoms with Gasteiger partial charge in [-0.15, -0.1) is 0 Å². The minimum absolute atomic E-state index is 0.185. The predicted molar refractivity (Wildman–Crippen MR) is 158 cm³/mol. The lowest BCUT2D eigenvalue weighted by Gasteiger charge is -2.41. The van der Waals surface area contributed by atoms with E-state index in [0.29, 0.717) is 57.4 Å². The molecule has 0 saturated carbocycles. The van der Waals surface area contributed by atoms with Crippen LogP contribution in [0.15, 0.2) is 104 Å². The number of aliphatic hydroxyl groups excluding tert-OH is 1. The number of para-hydroxylation sites is 2. The van der Waals surface area contributed by atoms with Gasteiger partial charge in [0.2, 0.25) is 17.7 Å². The monoisotopic (exact) mass is 586 g/mol. The van der Waals surface area contributed by atoms with Crippen LogP contribution in [0.4, 0.5) is 5.69 Å². The third kappa shape index (κ3) is 3.79. The number of ketones is 2. The van der Waals surface area contributed by atoms with Gasteiger partial charge in [-0.25, -0.2) is 4.98 Å². The molecular weight excluding hydrogens is 560 g/mol. The molecule has 8 rings (SSSR count). The molecule has 4 unspecified atom stereocenters.